The van der Waals surface area contributed by atoms with Crippen LogP contribution < -0.4 is 14.9 Å². The summed E-state index contributed by atoms with van der Waals surface area (Å²) in [6.07, 6.45) is 5.17. The molecular weight excluding hydrogens is 356 g/mol. The van der Waals surface area contributed by atoms with Gasteiger partial charge >= 0.3 is 0 Å². The van der Waals surface area contributed by atoms with Gasteiger partial charge in [-0.25, -0.2) is 5.43 Å². The summed E-state index contributed by atoms with van der Waals surface area (Å²) in [5.74, 6) is 0.719. The van der Waals surface area contributed by atoms with Crippen molar-refractivity contribution < 1.29 is 14.3 Å². The summed E-state index contributed by atoms with van der Waals surface area (Å²) in [6, 6.07) is 10.8. The van der Waals surface area contributed by atoms with E-state index in [1.165, 1.54) is 14.2 Å². The lowest BCUT2D eigenvalue weighted by Crippen LogP contribution is -2.17. The monoisotopic (exact) mass is 378 g/mol. The SMILES string of the molecule is COc1cc(OC)cc(C(=O)N/N=C\c2cc(C)n(-c3cccnc3)c2C)c1. The fraction of sp³-hybridized carbons (Fsp3) is 0.190. The summed E-state index contributed by atoms with van der Waals surface area (Å²) in [7, 11) is 3.07. The van der Waals surface area contributed by atoms with E-state index in [1.807, 2.05) is 32.0 Å². The largest absolute Gasteiger partial charge is 0.497 e. The van der Waals surface area contributed by atoms with Gasteiger partial charge in [0.2, 0.25) is 0 Å². The second-order valence-electron chi connectivity index (χ2n) is 6.17. The Balaban J connectivity index is 1.78. The molecule has 0 fully saturated rings. The van der Waals surface area contributed by atoms with Crippen LogP contribution >= 0.6 is 0 Å². The van der Waals surface area contributed by atoms with Crippen molar-refractivity contribution in [2.75, 3.05) is 14.2 Å². The number of nitrogens with one attached hydrogen (secondary N) is 1. The van der Waals surface area contributed by atoms with Crippen molar-refractivity contribution in [3.8, 4) is 17.2 Å². The van der Waals surface area contributed by atoms with Gasteiger partial charge in [-0.05, 0) is 44.2 Å². The maximum absolute atomic E-state index is 12.4. The number of benzene rings is 1. The Morgan fingerprint density at radius 2 is 1.86 bits per heavy atom. The number of aromatic nitrogens is 2. The minimum Gasteiger partial charge on any atom is -0.497 e. The van der Waals surface area contributed by atoms with Crippen LogP contribution in [0.1, 0.15) is 27.3 Å². The molecule has 0 spiro atoms. The van der Waals surface area contributed by atoms with E-state index in [0.717, 1.165) is 22.6 Å². The number of hydrazone groups is 1. The summed E-state index contributed by atoms with van der Waals surface area (Å²) in [5.41, 5.74) is 6.88. The van der Waals surface area contributed by atoms with Crippen molar-refractivity contribution in [3.05, 3.63) is 71.3 Å². The number of hydrogen-bond acceptors (Lipinski definition) is 5. The number of ether oxygens (including phenoxy) is 2. The number of methoxy groups -OCH3 is 2. The zero-order valence-corrected chi connectivity index (χ0v) is 16.3. The molecule has 0 aliphatic heterocycles. The van der Waals surface area contributed by atoms with E-state index in [9.17, 15) is 4.79 Å². The molecule has 7 heteroatoms. The molecule has 3 aromatic rings. The highest BCUT2D eigenvalue weighted by Gasteiger charge is 2.11. The van der Waals surface area contributed by atoms with Gasteiger partial charge < -0.3 is 14.0 Å². The zero-order chi connectivity index (χ0) is 20.1. The molecule has 0 radical (unpaired) electrons. The van der Waals surface area contributed by atoms with Crippen LogP contribution in [-0.2, 0) is 0 Å². The molecule has 3 rings (SSSR count). The van der Waals surface area contributed by atoms with Crippen molar-refractivity contribution >= 4 is 12.1 Å². The fourth-order valence-corrected chi connectivity index (χ4v) is 2.97. The highest BCUT2D eigenvalue weighted by molar-refractivity contribution is 5.95. The fourth-order valence-electron chi connectivity index (χ4n) is 2.97. The summed E-state index contributed by atoms with van der Waals surface area (Å²) in [6.45, 7) is 4.01. The summed E-state index contributed by atoms with van der Waals surface area (Å²) in [5, 5.41) is 4.10. The average molecular weight is 378 g/mol. The maximum Gasteiger partial charge on any atom is 0.271 e. The Bertz CT molecular complexity index is 988. The first-order chi connectivity index (χ1) is 13.5. The maximum atomic E-state index is 12.4. The third kappa shape index (κ3) is 4.03. The second-order valence-corrected chi connectivity index (χ2v) is 6.17. The Hall–Kier alpha value is -3.61. The highest BCUT2D eigenvalue weighted by Crippen LogP contribution is 2.22. The predicted octanol–water partition coefficient (Wildman–Crippen LogP) is 3.27. The molecule has 0 atom stereocenters. The van der Waals surface area contributed by atoms with Gasteiger partial charge in [-0.2, -0.15) is 5.10 Å². The molecule has 0 unspecified atom stereocenters. The molecule has 1 N–H and O–H groups in total. The lowest BCUT2D eigenvalue weighted by atomic mass is 10.2. The third-order valence-electron chi connectivity index (χ3n) is 4.36. The van der Waals surface area contributed by atoms with E-state index in [2.05, 4.69) is 20.1 Å². The van der Waals surface area contributed by atoms with Crippen molar-refractivity contribution in [1.29, 1.82) is 0 Å². The second kappa shape index (κ2) is 8.39. The molecule has 0 aliphatic carbocycles. The molecule has 1 aromatic carbocycles. The van der Waals surface area contributed by atoms with Crippen molar-refractivity contribution in [3.63, 3.8) is 0 Å². The predicted molar refractivity (Wildman–Crippen MR) is 108 cm³/mol. The van der Waals surface area contributed by atoms with Gasteiger partial charge in [0.1, 0.15) is 11.5 Å². The summed E-state index contributed by atoms with van der Waals surface area (Å²) < 4.78 is 12.5. The molecule has 0 saturated carbocycles. The first-order valence-electron chi connectivity index (χ1n) is 8.69. The number of pyridine rings is 1. The zero-order valence-electron chi connectivity index (χ0n) is 16.3. The number of carbonyl (C=O) groups is 1. The molecule has 28 heavy (non-hydrogen) atoms. The number of aryl methyl sites for hydroxylation is 1. The molecule has 0 aliphatic rings. The minimum absolute atomic E-state index is 0.352. The summed E-state index contributed by atoms with van der Waals surface area (Å²) >= 11 is 0. The van der Waals surface area contributed by atoms with E-state index in [4.69, 9.17) is 9.47 Å². The first kappa shape index (κ1) is 19.2. The van der Waals surface area contributed by atoms with Gasteiger partial charge in [-0.1, -0.05) is 0 Å². The highest BCUT2D eigenvalue weighted by atomic mass is 16.5. The van der Waals surface area contributed by atoms with Crippen molar-refractivity contribution in [2.45, 2.75) is 13.8 Å². The Kier molecular flexibility index (Phi) is 5.74. The van der Waals surface area contributed by atoms with Crippen molar-refractivity contribution in [2.24, 2.45) is 5.10 Å². The lowest BCUT2D eigenvalue weighted by molar-refractivity contribution is 0.0954. The number of rotatable bonds is 6. The van der Waals surface area contributed by atoms with Gasteiger partial charge in [0.05, 0.1) is 32.3 Å². The van der Waals surface area contributed by atoms with Gasteiger partial charge in [0, 0.05) is 34.8 Å². The number of amides is 1. The van der Waals surface area contributed by atoms with E-state index < -0.39 is 0 Å². The molecular formula is C21H22N4O3. The smallest absolute Gasteiger partial charge is 0.271 e. The third-order valence-corrected chi connectivity index (χ3v) is 4.36. The van der Waals surface area contributed by atoms with Gasteiger partial charge in [-0.3, -0.25) is 9.78 Å². The van der Waals surface area contributed by atoms with Crippen molar-refractivity contribution in [1.82, 2.24) is 15.0 Å². The van der Waals surface area contributed by atoms with Crippen LogP contribution in [0.3, 0.4) is 0 Å². The molecule has 2 heterocycles. The van der Waals surface area contributed by atoms with Crippen LogP contribution in [0.15, 0.2) is 53.9 Å². The average Bonchev–Trinajstić information content (AvgIpc) is 3.01. The molecule has 144 valence electrons. The van der Waals surface area contributed by atoms with Gasteiger partial charge in [0.15, 0.2) is 0 Å². The van der Waals surface area contributed by atoms with Gasteiger partial charge in [-0.15, -0.1) is 0 Å². The normalized spacial score (nSPS) is 10.9. The first-order valence-corrected chi connectivity index (χ1v) is 8.69. The summed E-state index contributed by atoms with van der Waals surface area (Å²) in [4.78, 5) is 16.6. The van der Waals surface area contributed by atoms with Crippen LogP contribution in [0.5, 0.6) is 11.5 Å². The van der Waals surface area contributed by atoms with E-state index >= 15 is 0 Å². The quantitative estimate of drug-likeness (QED) is 0.527. The van der Waals surface area contributed by atoms with E-state index in [-0.39, 0.29) is 5.91 Å². The number of nitrogens with zero attached hydrogens (tertiary/aromatic N) is 3. The van der Waals surface area contributed by atoms with E-state index in [0.29, 0.717) is 17.1 Å². The van der Waals surface area contributed by atoms with Crippen LogP contribution in [0.2, 0.25) is 0 Å². The molecule has 2 aromatic heterocycles. The van der Waals surface area contributed by atoms with Gasteiger partial charge in [0.25, 0.3) is 5.91 Å². The van der Waals surface area contributed by atoms with Crippen LogP contribution in [-0.4, -0.2) is 35.9 Å². The van der Waals surface area contributed by atoms with E-state index in [1.54, 1.807) is 36.8 Å². The Morgan fingerprint density at radius 3 is 2.46 bits per heavy atom. The van der Waals surface area contributed by atoms with Crippen LogP contribution in [0.4, 0.5) is 0 Å². The molecule has 0 bridgehead atoms. The Morgan fingerprint density at radius 1 is 1.14 bits per heavy atom. The standard InChI is InChI=1S/C21H22N4O3/c1-14-8-17(15(2)25(14)18-6-5-7-22-13-18)12-23-24-21(26)16-9-19(27-3)11-20(10-16)28-4/h5-13H,1-4H3,(H,24,26)/b23-12-. The van der Waals surface area contributed by atoms with Crippen LogP contribution in [0.25, 0.3) is 5.69 Å². The lowest BCUT2D eigenvalue weighted by Gasteiger charge is -2.08. The molecule has 0 saturated heterocycles. The minimum atomic E-state index is -0.352. The topological polar surface area (TPSA) is 77.7 Å². The Labute approximate surface area is 163 Å². The molecule has 1 amide bonds. The number of carbonyl (C=O) groups excluding carboxylic acids is 1. The molecule has 7 nitrogen and oxygen atoms in total. The van der Waals surface area contributed by atoms with Crippen LogP contribution in [0, 0.1) is 13.8 Å². The number of hydrogen-bond donors (Lipinski definition) is 1.